The van der Waals surface area contributed by atoms with Gasteiger partial charge in [-0.1, -0.05) is 72.8 Å². The van der Waals surface area contributed by atoms with E-state index in [1.54, 1.807) is 13.3 Å². The summed E-state index contributed by atoms with van der Waals surface area (Å²) in [5, 5.41) is 6.60. The van der Waals surface area contributed by atoms with E-state index in [0.29, 0.717) is 38.2 Å². The number of hydrogen-bond acceptors (Lipinski definition) is 4. The van der Waals surface area contributed by atoms with Crippen molar-refractivity contribution in [3.63, 3.8) is 0 Å². The number of oxazole rings is 1. The number of aromatic nitrogens is 1. The molecule has 0 saturated heterocycles. The van der Waals surface area contributed by atoms with Crippen molar-refractivity contribution < 1.29 is 9.15 Å². The average Bonchev–Trinajstić information content (AvgIpc) is 3.35. The van der Waals surface area contributed by atoms with Crippen molar-refractivity contribution in [3.8, 4) is 11.5 Å². The van der Waals surface area contributed by atoms with Gasteiger partial charge in [-0.15, -0.1) is 24.0 Å². The average molecular weight is 568 g/mol. The summed E-state index contributed by atoms with van der Waals surface area (Å²) >= 11 is 0. The number of nitrogens with zero attached hydrogens (tertiary/aromatic N) is 2. The summed E-state index contributed by atoms with van der Waals surface area (Å²) in [5.74, 6) is 1.32. The van der Waals surface area contributed by atoms with Gasteiger partial charge in [-0.25, -0.2) is 4.98 Å². The summed E-state index contributed by atoms with van der Waals surface area (Å²) in [6.07, 6.45) is 1.67. The van der Waals surface area contributed by atoms with E-state index >= 15 is 0 Å². The van der Waals surface area contributed by atoms with Crippen molar-refractivity contribution in [3.05, 3.63) is 114 Å². The molecule has 6 nitrogen and oxygen atoms in total. The van der Waals surface area contributed by atoms with Crippen LogP contribution in [0.3, 0.4) is 0 Å². The minimum atomic E-state index is 0. The molecule has 0 bridgehead atoms. The van der Waals surface area contributed by atoms with Gasteiger partial charge in [-0.2, -0.15) is 0 Å². The van der Waals surface area contributed by atoms with E-state index in [4.69, 9.17) is 9.15 Å². The number of ether oxygens (including phenoxy) is 1. The second kappa shape index (κ2) is 13.5. The van der Waals surface area contributed by atoms with Crippen LogP contribution < -0.4 is 10.6 Å². The molecule has 7 heteroatoms. The molecule has 176 valence electrons. The lowest BCUT2D eigenvalue weighted by molar-refractivity contribution is 0.107. The van der Waals surface area contributed by atoms with Gasteiger partial charge in [-0.3, -0.25) is 4.99 Å². The van der Waals surface area contributed by atoms with Gasteiger partial charge in [0.15, 0.2) is 5.96 Å². The van der Waals surface area contributed by atoms with Crippen LogP contribution in [0.5, 0.6) is 0 Å². The molecule has 34 heavy (non-hydrogen) atoms. The quantitative estimate of drug-likeness (QED) is 0.158. The molecular formula is C27H29IN4O2. The van der Waals surface area contributed by atoms with Gasteiger partial charge in [0.1, 0.15) is 6.26 Å². The van der Waals surface area contributed by atoms with Crippen molar-refractivity contribution >= 4 is 29.9 Å². The molecule has 0 atom stereocenters. The zero-order chi connectivity index (χ0) is 22.7. The lowest BCUT2D eigenvalue weighted by Crippen LogP contribution is -2.36. The third kappa shape index (κ3) is 7.71. The molecule has 0 aliphatic heterocycles. The highest BCUT2D eigenvalue weighted by molar-refractivity contribution is 14.0. The first-order valence-electron chi connectivity index (χ1n) is 10.9. The van der Waals surface area contributed by atoms with Gasteiger partial charge in [-0.05, 0) is 28.8 Å². The van der Waals surface area contributed by atoms with E-state index in [9.17, 15) is 0 Å². The van der Waals surface area contributed by atoms with E-state index in [1.165, 1.54) is 5.56 Å². The van der Waals surface area contributed by atoms with E-state index in [-0.39, 0.29) is 24.0 Å². The fourth-order valence-corrected chi connectivity index (χ4v) is 3.30. The van der Waals surface area contributed by atoms with E-state index in [1.807, 2.05) is 48.5 Å². The van der Waals surface area contributed by atoms with Crippen molar-refractivity contribution in [2.75, 3.05) is 7.05 Å². The van der Waals surface area contributed by atoms with Crippen LogP contribution in [-0.4, -0.2) is 18.0 Å². The minimum Gasteiger partial charge on any atom is -0.444 e. The number of aliphatic imine (C=N–C) groups is 1. The summed E-state index contributed by atoms with van der Waals surface area (Å²) < 4.78 is 11.4. The van der Waals surface area contributed by atoms with Gasteiger partial charge < -0.3 is 19.8 Å². The highest BCUT2D eigenvalue weighted by atomic mass is 127. The van der Waals surface area contributed by atoms with Crippen LogP contribution >= 0.6 is 24.0 Å². The molecule has 4 aromatic rings. The first-order chi connectivity index (χ1) is 16.3. The van der Waals surface area contributed by atoms with E-state index in [2.05, 4.69) is 57.0 Å². The van der Waals surface area contributed by atoms with Gasteiger partial charge in [0.2, 0.25) is 5.89 Å². The summed E-state index contributed by atoms with van der Waals surface area (Å²) in [4.78, 5) is 8.82. The predicted molar refractivity (Wildman–Crippen MR) is 146 cm³/mol. The number of hydrogen-bond donors (Lipinski definition) is 2. The summed E-state index contributed by atoms with van der Waals surface area (Å²) in [6, 6.07) is 28.5. The standard InChI is InChI=1S/C27H28N4O2.HI/c1-28-27(30-17-25-20-33-26(31-25)24-10-6-3-7-11-24)29-16-21-12-14-23(15-13-21)19-32-18-22-8-4-2-5-9-22;/h2-15,20H,16-19H2,1H3,(H2,28,29,30);1H. The zero-order valence-corrected chi connectivity index (χ0v) is 21.4. The zero-order valence-electron chi connectivity index (χ0n) is 19.1. The number of nitrogens with one attached hydrogen (secondary N) is 2. The molecule has 0 spiro atoms. The number of benzene rings is 3. The molecule has 2 N–H and O–H groups in total. The second-order valence-electron chi connectivity index (χ2n) is 7.58. The normalized spacial score (nSPS) is 11.0. The summed E-state index contributed by atoms with van der Waals surface area (Å²) in [6.45, 7) is 2.39. The van der Waals surface area contributed by atoms with Crippen LogP contribution in [0, 0.1) is 0 Å². The van der Waals surface area contributed by atoms with Crippen LogP contribution in [0.4, 0.5) is 0 Å². The highest BCUT2D eigenvalue weighted by Gasteiger charge is 2.07. The fourth-order valence-electron chi connectivity index (χ4n) is 3.30. The molecule has 0 saturated carbocycles. The Morgan fingerprint density at radius 1 is 0.794 bits per heavy atom. The number of guanidine groups is 1. The second-order valence-corrected chi connectivity index (χ2v) is 7.58. The molecular weight excluding hydrogens is 539 g/mol. The van der Waals surface area contributed by atoms with Crippen molar-refractivity contribution in [2.45, 2.75) is 26.3 Å². The Morgan fingerprint density at radius 2 is 1.38 bits per heavy atom. The van der Waals surface area contributed by atoms with E-state index in [0.717, 1.165) is 22.4 Å². The molecule has 0 aliphatic rings. The van der Waals surface area contributed by atoms with Gasteiger partial charge in [0, 0.05) is 19.2 Å². The van der Waals surface area contributed by atoms with Crippen LogP contribution in [0.15, 0.2) is 101 Å². The Morgan fingerprint density at radius 3 is 2.06 bits per heavy atom. The number of rotatable bonds is 9. The Hall–Kier alpha value is -3.17. The van der Waals surface area contributed by atoms with Crippen molar-refractivity contribution in [1.82, 2.24) is 15.6 Å². The third-order valence-electron chi connectivity index (χ3n) is 5.10. The molecule has 0 aliphatic carbocycles. The summed E-state index contributed by atoms with van der Waals surface area (Å²) in [5.41, 5.74) is 5.27. The molecule has 0 unspecified atom stereocenters. The van der Waals surface area contributed by atoms with Crippen molar-refractivity contribution in [2.24, 2.45) is 4.99 Å². The van der Waals surface area contributed by atoms with Crippen molar-refractivity contribution in [1.29, 1.82) is 0 Å². The monoisotopic (exact) mass is 568 g/mol. The lowest BCUT2D eigenvalue weighted by atomic mass is 10.1. The number of halogens is 1. The van der Waals surface area contributed by atoms with Crippen LogP contribution in [-0.2, 0) is 31.0 Å². The highest BCUT2D eigenvalue weighted by Crippen LogP contribution is 2.17. The van der Waals surface area contributed by atoms with Gasteiger partial charge >= 0.3 is 0 Å². The molecule has 1 heterocycles. The maximum absolute atomic E-state index is 5.81. The maximum Gasteiger partial charge on any atom is 0.226 e. The minimum absolute atomic E-state index is 0. The topological polar surface area (TPSA) is 71.7 Å². The van der Waals surface area contributed by atoms with Crippen LogP contribution in [0.1, 0.15) is 22.4 Å². The smallest absolute Gasteiger partial charge is 0.226 e. The molecule has 0 fully saturated rings. The largest absolute Gasteiger partial charge is 0.444 e. The lowest BCUT2D eigenvalue weighted by Gasteiger charge is -2.11. The Labute approximate surface area is 217 Å². The fraction of sp³-hybridized carbons (Fsp3) is 0.185. The Balaban J connectivity index is 0.00000324. The van der Waals surface area contributed by atoms with Gasteiger partial charge in [0.25, 0.3) is 0 Å². The molecule has 1 aromatic heterocycles. The van der Waals surface area contributed by atoms with E-state index < -0.39 is 0 Å². The van der Waals surface area contributed by atoms with Gasteiger partial charge in [0.05, 0.1) is 25.5 Å². The maximum atomic E-state index is 5.81. The first kappa shape index (κ1) is 25.5. The predicted octanol–water partition coefficient (Wildman–Crippen LogP) is 5.54. The molecule has 0 radical (unpaired) electrons. The third-order valence-corrected chi connectivity index (χ3v) is 5.10. The summed E-state index contributed by atoms with van der Waals surface area (Å²) in [7, 11) is 1.75. The SMILES string of the molecule is CN=C(NCc1ccc(COCc2ccccc2)cc1)NCc1coc(-c2ccccc2)n1.I. The molecule has 0 amide bonds. The Bertz CT molecular complexity index is 1150. The molecule has 3 aromatic carbocycles. The van der Waals surface area contributed by atoms with Crippen LogP contribution in [0.25, 0.3) is 11.5 Å². The Kier molecular flexibility index (Phi) is 10.1. The van der Waals surface area contributed by atoms with Crippen LogP contribution in [0.2, 0.25) is 0 Å². The first-order valence-corrected chi connectivity index (χ1v) is 10.9. The molecule has 4 rings (SSSR count).